The van der Waals surface area contributed by atoms with Crippen LogP contribution in [0.2, 0.25) is 0 Å². The molecule has 0 aliphatic heterocycles. The van der Waals surface area contributed by atoms with Crippen LogP contribution < -0.4 is 5.73 Å². The average Bonchev–Trinajstić information content (AvgIpc) is 2.16. The number of carbonyl (C=O) groups is 1. The van der Waals surface area contributed by atoms with Gasteiger partial charge in [-0.3, -0.25) is 4.79 Å². The zero-order valence-electron chi connectivity index (χ0n) is 7.94. The number of carboxylic acids is 1. The van der Waals surface area contributed by atoms with E-state index in [1.165, 1.54) is 0 Å². The summed E-state index contributed by atoms with van der Waals surface area (Å²) in [6.45, 7) is 0. The predicted octanol–water partition coefficient (Wildman–Crippen LogP) is 1.10. The summed E-state index contributed by atoms with van der Waals surface area (Å²) >= 11 is 0. The van der Waals surface area contributed by atoms with Crippen molar-refractivity contribution in [1.29, 1.82) is 5.26 Å². The summed E-state index contributed by atoms with van der Waals surface area (Å²) in [7, 11) is 0. The quantitative estimate of drug-likeness (QED) is 0.805. The highest BCUT2D eigenvalue weighted by atomic mass is 19.3. The lowest BCUT2D eigenvalue weighted by Gasteiger charge is -2.10. The summed E-state index contributed by atoms with van der Waals surface area (Å²) in [5, 5.41) is 17.1. The van der Waals surface area contributed by atoms with Gasteiger partial charge in [0, 0.05) is 11.8 Å². The topological polar surface area (TPSA) is 100 Å². The Morgan fingerprint density at radius 1 is 1.69 bits per heavy atom. The number of alkyl halides is 2. The van der Waals surface area contributed by atoms with Gasteiger partial charge >= 0.3 is 5.97 Å². The van der Waals surface area contributed by atoms with Crippen molar-refractivity contribution in [1.82, 2.24) is 4.98 Å². The maximum absolute atomic E-state index is 12.6. The van der Waals surface area contributed by atoms with Crippen LogP contribution in [0.1, 0.15) is 23.2 Å². The minimum Gasteiger partial charge on any atom is -0.481 e. The summed E-state index contributed by atoms with van der Waals surface area (Å²) in [6, 6.07) is 1.55. The number of anilines is 1. The number of hydrogen-bond donors (Lipinski definition) is 2. The third kappa shape index (κ3) is 2.23. The molecule has 0 radical (unpaired) electrons. The molecule has 0 saturated heterocycles. The minimum absolute atomic E-state index is 0.181. The molecule has 0 spiro atoms. The van der Waals surface area contributed by atoms with Gasteiger partial charge in [-0.25, -0.2) is 13.8 Å². The van der Waals surface area contributed by atoms with Gasteiger partial charge in [-0.1, -0.05) is 0 Å². The van der Waals surface area contributed by atoms with Crippen LogP contribution >= 0.6 is 0 Å². The Bertz CT molecular complexity index is 469. The number of hydrogen-bond acceptors (Lipinski definition) is 4. The van der Waals surface area contributed by atoms with Crippen molar-refractivity contribution in [2.24, 2.45) is 0 Å². The number of carboxylic acid groups (broad SMARTS) is 1. The van der Waals surface area contributed by atoms with Crippen molar-refractivity contribution in [2.75, 3.05) is 5.73 Å². The van der Waals surface area contributed by atoms with E-state index in [0.29, 0.717) is 0 Å². The summed E-state index contributed by atoms with van der Waals surface area (Å²) < 4.78 is 25.3. The first kappa shape index (κ1) is 11.8. The molecule has 0 saturated carbocycles. The van der Waals surface area contributed by atoms with Gasteiger partial charge in [0.05, 0.1) is 12.1 Å². The normalized spacial score (nSPS) is 10.1. The number of nitrogens with two attached hydrogens (primary N) is 1. The van der Waals surface area contributed by atoms with Crippen LogP contribution in [0.25, 0.3) is 0 Å². The molecule has 0 aliphatic rings. The number of halogens is 2. The standard InChI is InChI=1S/C9H7F2N3O2/c10-9(11)7-4(1-6(15)16)3-14-5(2-12)8(7)13/h3,9H,1,13H2,(H,15,16). The lowest BCUT2D eigenvalue weighted by Crippen LogP contribution is -2.09. The van der Waals surface area contributed by atoms with E-state index in [4.69, 9.17) is 16.1 Å². The van der Waals surface area contributed by atoms with Crippen molar-refractivity contribution >= 4 is 11.7 Å². The number of nitrogens with zero attached hydrogens (tertiary/aromatic N) is 2. The van der Waals surface area contributed by atoms with Crippen LogP contribution in [0, 0.1) is 11.3 Å². The third-order valence-electron chi connectivity index (χ3n) is 1.91. The second kappa shape index (κ2) is 4.53. The lowest BCUT2D eigenvalue weighted by atomic mass is 10.0. The Hall–Kier alpha value is -2.23. The number of pyridine rings is 1. The monoisotopic (exact) mass is 227 g/mol. The smallest absolute Gasteiger partial charge is 0.307 e. The fraction of sp³-hybridized carbons (Fsp3) is 0.222. The van der Waals surface area contributed by atoms with Gasteiger partial charge in [-0.2, -0.15) is 5.26 Å². The zero-order chi connectivity index (χ0) is 12.3. The molecule has 1 heterocycles. The Kier molecular flexibility index (Phi) is 3.35. The molecule has 1 rings (SSSR count). The molecular formula is C9H7F2N3O2. The summed E-state index contributed by atoms with van der Waals surface area (Å²) in [6.07, 6.45) is -2.61. The average molecular weight is 227 g/mol. The number of rotatable bonds is 3. The van der Waals surface area contributed by atoms with E-state index in [1.807, 2.05) is 0 Å². The van der Waals surface area contributed by atoms with Gasteiger partial charge in [0.15, 0.2) is 5.69 Å². The van der Waals surface area contributed by atoms with Crippen LogP contribution in [0.5, 0.6) is 0 Å². The Balaban J connectivity index is 3.35. The van der Waals surface area contributed by atoms with Crippen LogP contribution in [0.15, 0.2) is 6.20 Å². The summed E-state index contributed by atoms with van der Waals surface area (Å²) in [5.74, 6) is -1.27. The van der Waals surface area contributed by atoms with E-state index in [-0.39, 0.29) is 11.3 Å². The number of aromatic nitrogens is 1. The van der Waals surface area contributed by atoms with Crippen LogP contribution in [0.3, 0.4) is 0 Å². The van der Waals surface area contributed by atoms with Crippen molar-refractivity contribution < 1.29 is 18.7 Å². The molecule has 1 aromatic rings. The van der Waals surface area contributed by atoms with E-state index in [1.54, 1.807) is 6.07 Å². The second-order valence-electron chi connectivity index (χ2n) is 2.94. The van der Waals surface area contributed by atoms with Crippen LogP contribution in [-0.2, 0) is 11.2 Å². The van der Waals surface area contributed by atoms with Crippen molar-refractivity contribution in [3.05, 3.63) is 23.0 Å². The molecule has 1 aromatic heterocycles. The number of nitriles is 1. The van der Waals surface area contributed by atoms with Crippen molar-refractivity contribution in [3.63, 3.8) is 0 Å². The van der Waals surface area contributed by atoms with Crippen molar-refractivity contribution in [3.8, 4) is 6.07 Å². The Morgan fingerprint density at radius 3 is 2.75 bits per heavy atom. The van der Waals surface area contributed by atoms with Gasteiger partial charge < -0.3 is 10.8 Å². The molecule has 3 N–H and O–H groups in total. The fourth-order valence-corrected chi connectivity index (χ4v) is 1.23. The highest BCUT2D eigenvalue weighted by Crippen LogP contribution is 2.30. The van der Waals surface area contributed by atoms with E-state index in [0.717, 1.165) is 6.20 Å². The lowest BCUT2D eigenvalue weighted by molar-refractivity contribution is -0.136. The van der Waals surface area contributed by atoms with E-state index in [2.05, 4.69) is 4.98 Å². The van der Waals surface area contributed by atoms with Crippen LogP contribution in [-0.4, -0.2) is 16.1 Å². The molecule has 0 fully saturated rings. The van der Waals surface area contributed by atoms with Crippen LogP contribution in [0.4, 0.5) is 14.5 Å². The van der Waals surface area contributed by atoms with E-state index >= 15 is 0 Å². The number of nitrogen functional groups attached to an aromatic ring is 1. The molecule has 0 unspecified atom stereocenters. The molecule has 16 heavy (non-hydrogen) atoms. The predicted molar refractivity (Wildman–Crippen MR) is 49.7 cm³/mol. The Morgan fingerprint density at radius 2 is 2.31 bits per heavy atom. The van der Waals surface area contributed by atoms with Crippen molar-refractivity contribution in [2.45, 2.75) is 12.8 Å². The van der Waals surface area contributed by atoms with Gasteiger partial charge in [0.25, 0.3) is 6.43 Å². The molecule has 0 aromatic carbocycles. The molecule has 0 bridgehead atoms. The molecule has 0 amide bonds. The molecule has 84 valence electrons. The maximum atomic E-state index is 12.6. The molecule has 7 heteroatoms. The fourth-order valence-electron chi connectivity index (χ4n) is 1.23. The zero-order valence-corrected chi connectivity index (χ0v) is 7.94. The minimum atomic E-state index is -2.94. The highest BCUT2D eigenvalue weighted by molar-refractivity contribution is 5.72. The molecule has 0 atom stereocenters. The first-order valence-corrected chi connectivity index (χ1v) is 4.14. The first-order valence-electron chi connectivity index (χ1n) is 4.14. The van der Waals surface area contributed by atoms with Gasteiger partial charge in [0.1, 0.15) is 6.07 Å². The third-order valence-corrected chi connectivity index (χ3v) is 1.91. The molecular weight excluding hydrogens is 220 g/mol. The highest BCUT2D eigenvalue weighted by Gasteiger charge is 2.21. The maximum Gasteiger partial charge on any atom is 0.307 e. The van der Waals surface area contributed by atoms with Gasteiger partial charge in [0.2, 0.25) is 0 Å². The van der Waals surface area contributed by atoms with E-state index in [9.17, 15) is 13.6 Å². The first-order chi connectivity index (χ1) is 7.47. The number of aliphatic carboxylic acids is 1. The SMILES string of the molecule is N#Cc1ncc(CC(=O)O)c(C(F)F)c1N. The summed E-state index contributed by atoms with van der Waals surface area (Å²) in [4.78, 5) is 13.9. The van der Waals surface area contributed by atoms with E-state index < -0.39 is 30.1 Å². The largest absolute Gasteiger partial charge is 0.481 e. The molecule has 5 nitrogen and oxygen atoms in total. The summed E-state index contributed by atoms with van der Waals surface area (Å²) in [5.41, 5.74) is 3.71. The van der Waals surface area contributed by atoms with Gasteiger partial charge in [-0.15, -0.1) is 0 Å². The second-order valence-corrected chi connectivity index (χ2v) is 2.94. The van der Waals surface area contributed by atoms with Gasteiger partial charge in [-0.05, 0) is 5.56 Å². The Labute approximate surface area is 89.1 Å². The molecule has 0 aliphatic carbocycles.